The molecule has 2 N–H and O–H groups in total. The molecule has 1 aromatic carbocycles. The number of carbonyl (C=O) groups is 1. The van der Waals surface area contributed by atoms with Crippen LogP contribution in [0.5, 0.6) is 0 Å². The van der Waals surface area contributed by atoms with Crippen LogP contribution in [0.3, 0.4) is 0 Å². The Balaban J connectivity index is 1.81. The summed E-state index contributed by atoms with van der Waals surface area (Å²) in [5.41, 5.74) is 3.17. The molecule has 2 aromatic rings. The Kier molecular flexibility index (Phi) is 5.88. The van der Waals surface area contributed by atoms with Gasteiger partial charge < -0.3 is 10.6 Å². The molecule has 0 spiro atoms. The Labute approximate surface area is 138 Å². The van der Waals surface area contributed by atoms with Crippen LogP contribution in [0.1, 0.15) is 38.3 Å². The maximum Gasteiger partial charge on any atom is 0.225 e. The molecule has 0 bridgehead atoms. The van der Waals surface area contributed by atoms with Gasteiger partial charge in [0.15, 0.2) is 0 Å². The minimum atomic E-state index is 0.00241. The monoisotopic (exact) mass is 311 g/mol. The summed E-state index contributed by atoms with van der Waals surface area (Å²) in [7, 11) is 0. The number of nitrogens with zero attached hydrogens (tertiary/aromatic N) is 1. The lowest BCUT2D eigenvalue weighted by atomic mass is 9.86. The Morgan fingerprint density at radius 1 is 1.13 bits per heavy atom. The molecular formula is C19H25N3O. The highest BCUT2D eigenvalue weighted by molar-refractivity contribution is 5.91. The number of aromatic nitrogens is 1. The van der Waals surface area contributed by atoms with Gasteiger partial charge in [-0.1, -0.05) is 45.0 Å². The third-order valence-corrected chi connectivity index (χ3v) is 3.59. The number of hydrogen-bond donors (Lipinski definition) is 2. The summed E-state index contributed by atoms with van der Waals surface area (Å²) in [4.78, 5) is 16.2. The van der Waals surface area contributed by atoms with Gasteiger partial charge in [-0.05, 0) is 28.7 Å². The van der Waals surface area contributed by atoms with E-state index in [0.717, 1.165) is 23.4 Å². The van der Waals surface area contributed by atoms with Gasteiger partial charge in [-0.15, -0.1) is 0 Å². The number of anilines is 1. The molecule has 1 heterocycles. The van der Waals surface area contributed by atoms with E-state index in [1.54, 1.807) is 6.20 Å². The summed E-state index contributed by atoms with van der Waals surface area (Å²) in [6.45, 7) is 7.80. The third kappa shape index (κ3) is 5.49. The second-order valence-corrected chi connectivity index (χ2v) is 6.63. The quantitative estimate of drug-likeness (QED) is 0.803. The second-order valence-electron chi connectivity index (χ2n) is 6.63. The van der Waals surface area contributed by atoms with E-state index in [2.05, 4.69) is 42.5 Å². The van der Waals surface area contributed by atoms with Crippen molar-refractivity contribution >= 4 is 11.6 Å². The van der Waals surface area contributed by atoms with Gasteiger partial charge in [0.25, 0.3) is 0 Å². The van der Waals surface area contributed by atoms with E-state index in [1.165, 1.54) is 0 Å². The normalized spacial score (nSPS) is 11.3. The smallest absolute Gasteiger partial charge is 0.225 e. The number of rotatable bonds is 6. The van der Waals surface area contributed by atoms with Crippen molar-refractivity contribution in [1.29, 1.82) is 0 Å². The summed E-state index contributed by atoms with van der Waals surface area (Å²) in [6.07, 6.45) is 4.02. The Morgan fingerprint density at radius 2 is 1.91 bits per heavy atom. The molecule has 0 aliphatic rings. The minimum Gasteiger partial charge on any atom is -0.326 e. The van der Waals surface area contributed by atoms with Crippen molar-refractivity contribution in [2.75, 3.05) is 11.9 Å². The first-order chi connectivity index (χ1) is 11.0. The van der Waals surface area contributed by atoms with Crippen molar-refractivity contribution in [3.8, 4) is 0 Å². The molecule has 2 rings (SSSR count). The number of para-hydroxylation sites is 1. The Bertz CT molecular complexity index is 633. The van der Waals surface area contributed by atoms with Gasteiger partial charge >= 0.3 is 0 Å². The summed E-state index contributed by atoms with van der Waals surface area (Å²) in [5.74, 6) is 0.0281. The number of pyridine rings is 1. The standard InChI is InChI=1S/C19H25N3O/c1-19(2,3)16-8-4-5-9-17(16)22-18(23)10-12-21-14-15-7-6-11-20-13-15/h4-9,11,13,21H,10,12,14H2,1-3H3,(H,22,23). The van der Waals surface area contributed by atoms with Crippen molar-refractivity contribution in [3.05, 3.63) is 59.9 Å². The summed E-state index contributed by atoms with van der Waals surface area (Å²) < 4.78 is 0. The molecule has 0 saturated carbocycles. The van der Waals surface area contributed by atoms with Crippen LogP contribution in [-0.4, -0.2) is 17.4 Å². The minimum absolute atomic E-state index is 0.00241. The number of benzene rings is 1. The molecule has 4 heteroatoms. The fourth-order valence-electron chi connectivity index (χ4n) is 2.40. The zero-order valence-electron chi connectivity index (χ0n) is 14.1. The fraction of sp³-hybridized carbons (Fsp3) is 0.368. The number of amides is 1. The van der Waals surface area contributed by atoms with Crippen molar-refractivity contribution in [1.82, 2.24) is 10.3 Å². The van der Waals surface area contributed by atoms with E-state index < -0.39 is 0 Å². The van der Waals surface area contributed by atoms with Gasteiger partial charge in [0.05, 0.1) is 0 Å². The van der Waals surface area contributed by atoms with E-state index in [4.69, 9.17) is 0 Å². The molecular weight excluding hydrogens is 286 g/mol. The molecule has 1 aromatic heterocycles. The summed E-state index contributed by atoms with van der Waals surface area (Å²) in [6, 6.07) is 11.9. The molecule has 0 aliphatic carbocycles. The average Bonchev–Trinajstić information content (AvgIpc) is 2.52. The largest absolute Gasteiger partial charge is 0.326 e. The maximum absolute atomic E-state index is 12.1. The number of hydrogen-bond acceptors (Lipinski definition) is 3. The predicted molar refractivity (Wildman–Crippen MR) is 94.3 cm³/mol. The molecule has 0 radical (unpaired) electrons. The molecule has 0 unspecified atom stereocenters. The lowest BCUT2D eigenvalue weighted by Crippen LogP contribution is -2.23. The molecule has 0 fully saturated rings. The summed E-state index contributed by atoms with van der Waals surface area (Å²) in [5, 5.41) is 6.29. The van der Waals surface area contributed by atoms with Gasteiger partial charge in [-0.3, -0.25) is 9.78 Å². The van der Waals surface area contributed by atoms with Crippen molar-refractivity contribution in [2.45, 2.75) is 39.2 Å². The maximum atomic E-state index is 12.1. The van der Waals surface area contributed by atoms with E-state index >= 15 is 0 Å². The molecule has 4 nitrogen and oxygen atoms in total. The van der Waals surface area contributed by atoms with Crippen LogP contribution in [0.15, 0.2) is 48.8 Å². The first-order valence-corrected chi connectivity index (χ1v) is 7.96. The topological polar surface area (TPSA) is 54.0 Å². The first-order valence-electron chi connectivity index (χ1n) is 7.96. The highest BCUT2D eigenvalue weighted by Crippen LogP contribution is 2.29. The van der Waals surface area contributed by atoms with Gasteiger partial charge in [-0.25, -0.2) is 0 Å². The Morgan fingerprint density at radius 3 is 2.61 bits per heavy atom. The molecule has 0 saturated heterocycles. The highest BCUT2D eigenvalue weighted by atomic mass is 16.1. The molecule has 0 atom stereocenters. The number of nitrogens with one attached hydrogen (secondary N) is 2. The predicted octanol–water partition coefficient (Wildman–Crippen LogP) is 3.50. The SMILES string of the molecule is CC(C)(C)c1ccccc1NC(=O)CCNCc1cccnc1. The first kappa shape index (κ1) is 17.2. The lowest BCUT2D eigenvalue weighted by Gasteiger charge is -2.23. The van der Waals surface area contributed by atoms with Crippen LogP contribution in [0.4, 0.5) is 5.69 Å². The van der Waals surface area contributed by atoms with Crippen LogP contribution >= 0.6 is 0 Å². The zero-order chi connectivity index (χ0) is 16.7. The van der Waals surface area contributed by atoms with E-state index in [-0.39, 0.29) is 11.3 Å². The van der Waals surface area contributed by atoms with Crippen LogP contribution < -0.4 is 10.6 Å². The molecule has 23 heavy (non-hydrogen) atoms. The van der Waals surface area contributed by atoms with Crippen molar-refractivity contribution in [3.63, 3.8) is 0 Å². The lowest BCUT2D eigenvalue weighted by molar-refractivity contribution is -0.116. The van der Waals surface area contributed by atoms with Gasteiger partial charge in [-0.2, -0.15) is 0 Å². The van der Waals surface area contributed by atoms with Crippen molar-refractivity contribution < 1.29 is 4.79 Å². The van der Waals surface area contributed by atoms with E-state index in [0.29, 0.717) is 13.0 Å². The van der Waals surface area contributed by atoms with Crippen molar-refractivity contribution in [2.24, 2.45) is 0 Å². The second kappa shape index (κ2) is 7.88. The van der Waals surface area contributed by atoms with Crippen LogP contribution in [0, 0.1) is 0 Å². The Hall–Kier alpha value is -2.20. The fourth-order valence-corrected chi connectivity index (χ4v) is 2.40. The highest BCUT2D eigenvalue weighted by Gasteiger charge is 2.18. The van der Waals surface area contributed by atoms with E-state index in [9.17, 15) is 4.79 Å². The number of carbonyl (C=O) groups excluding carboxylic acids is 1. The third-order valence-electron chi connectivity index (χ3n) is 3.59. The average molecular weight is 311 g/mol. The van der Waals surface area contributed by atoms with Gasteiger partial charge in [0.2, 0.25) is 5.91 Å². The van der Waals surface area contributed by atoms with Gasteiger partial charge in [0.1, 0.15) is 0 Å². The summed E-state index contributed by atoms with van der Waals surface area (Å²) >= 11 is 0. The van der Waals surface area contributed by atoms with Gasteiger partial charge in [0, 0.05) is 37.6 Å². The molecule has 1 amide bonds. The van der Waals surface area contributed by atoms with E-state index in [1.807, 2.05) is 36.5 Å². The zero-order valence-corrected chi connectivity index (χ0v) is 14.1. The molecule has 122 valence electrons. The van der Waals surface area contributed by atoms with Crippen LogP contribution in [0.25, 0.3) is 0 Å². The van der Waals surface area contributed by atoms with Crippen LogP contribution in [0.2, 0.25) is 0 Å². The molecule has 0 aliphatic heterocycles. The van der Waals surface area contributed by atoms with Crippen LogP contribution in [-0.2, 0) is 16.8 Å².